The lowest BCUT2D eigenvalue weighted by Gasteiger charge is -2.28. The number of benzene rings is 1. The predicted octanol–water partition coefficient (Wildman–Crippen LogP) is 0.776. The zero-order valence-electron chi connectivity index (χ0n) is 10.1. The van der Waals surface area contributed by atoms with Crippen LogP contribution in [0.5, 0.6) is 0 Å². The molecule has 18 heavy (non-hydrogen) atoms. The minimum Gasteiger partial charge on any atom is -0.314 e. The number of carbonyl (C=O) groups excluding carboxylic acids is 1. The van der Waals surface area contributed by atoms with E-state index < -0.39 is 5.66 Å². The molecule has 0 bridgehead atoms. The number of nitrogens with zero attached hydrogens (tertiary/aromatic N) is 2. The van der Waals surface area contributed by atoms with Gasteiger partial charge in [0.15, 0.2) is 0 Å². The van der Waals surface area contributed by atoms with Gasteiger partial charge in [0.1, 0.15) is 17.2 Å². The lowest BCUT2D eigenvalue weighted by Crippen LogP contribution is -2.45. The van der Waals surface area contributed by atoms with E-state index in [1.807, 2.05) is 0 Å². The van der Waals surface area contributed by atoms with Crippen LogP contribution in [-0.2, 0) is 4.79 Å². The molecule has 1 fully saturated rings. The molecule has 2 aliphatic rings. The Balaban J connectivity index is 2.04. The fourth-order valence-electron chi connectivity index (χ4n) is 2.55. The maximum Gasteiger partial charge on any atom is 0.274 e. The molecule has 0 aliphatic carbocycles. The van der Waals surface area contributed by atoms with Crippen LogP contribution >= 0.6 is 0 Å². The number of nitrogens with one attached hydrogen (secondary N) is 1. The molecule has 2 heterocycles. The number of rotatable bonds is 1. The molecule has 3 rings (SSSR count). The quantitative estimate of drug-likeness (QED) is 0.797. The lowest BCUT2D eigenvalue weighted by molar-refractivity contribution is -0.125. The molecule has 1 atom stereocenters. The number of likely N-dealkylation sites (N-methyl/N-ethyl adjacent to an activating group) is 1. The molecule has 0 aromatic heterocycles. The first-order valence-electron chi connectivity index (χ1n) is 5.97. The normalized spacial score (nSPS) is 27.1. The Labute approximate surface area is 105 Å². The van der Waals surface area contributed by atoms with Crippen molar-refractivity contribution >= 4 is 11.6 Å². The highest BCUT2D eigenvalue weighted by Gasteiger charge is 2.46. The minimum absolute atomic E-state index is 0.135. The highest BCUT2D eigenvalue weighted by atomic mass is 19.1. The number of carbonyl (C=O) groups is 1. The van der Waals surface area contributed by atoms with E-state index in [2.05, 4.69) is 10.3 Å². The Kier molecular flexibility index (Phi) is 2.45. The third-order valence-corrected chi connectivity index (χ3v) is 3.66. The molecule has 1 aromatic rings. The van der Waals surface area contributed by atoms with Gasteiger partial charge < -0.3 is 10.2 Å². The van der Waals surface area contributed by atoms with Gasteiger partial charge in [-0.2, -0.15) is 0 Å². The Hall–Kier alpha value is -1.75. The summed E-state index contributed by atoms with van der Waals surface area (Å²) in [5, 5.41) is 3.21. The van der Waals surface area contributed by atoms with Crippen molar-refractivity contribution < 1.29 is 9.18 Å². The maximum absolute atomic E-state index is 13.2. The zero-order chi connectivity index (χ0) is 12.8. The van der Waals surface area contributed by atoms with Gasteiger partial charge in [-0.15, -0.1) is 0 Å². The lowest BCUT2D eigenvalue weighted by atomic mass is 10.1. The summed E-state index contributed by atoms with van der Waals surface area (Å²) in [5.41, 5.74) is 0.440. The smallest absolute Gasteiger partial charge is 0.274 e. The SMILES string of the molecule is CN1C(=O)C(c2cccc(F)c2)=N[C@@]12CCNC2. The van der Waals surface area contributed by atoms with E-state index >= 15 is 0 Å². The standard InChI is InChI=1S/C13H14FN3O/c1-17-12(18)11(9-3-2-4-10(14)7-9)16-13(17)5-6-15-8-13/h2-4,7,15H,5-6,8H2,1H3/t13-/m0/s1. The van der Waals surface area contributed by atoms with Crippen LogP contribution in [0.25, 0.3) is 0 Å². The largest absolute Gasteiger partial charge is 0.314 e. The molecule has 0 saturated carbocycles. The van der Waals surface area contributed by atoms with Crippen LogP contribution < -0.4 is 5.32 Å². The van der Waals surface area contributed by atoms with E-state index in [9.17, 15) is 9.18 Å². The Morgan fingerprint density at radius 1 is 1.50 bits per heavy atom. The molecule has 5 heteroatoms. The van der Waals surface area contributed by atoms with E-state index in [-0.39, 0.29) is 11.7 Å². The van der Waals surface area contributed by atoms with Crippen LogP contribution in [0.2, 0.25) is 0 Å². The fraction of sp³-hybridized carbons (Fsp3) is 0.385. The van der Waals surface area contributed by atoms with Crippen LogP contribution in [0.3, 0.4) is 0 Å². The maximum atomic E-state index is 13.2. The summed E-state index contributed by atoms with van der Waals surface area (Å²) in [7, 11) is 1.76. The van der Waals surface area contributed by atoms with Crippen molar-refractivity contribution in [2.45, 2.75) is 12.1 Å². The van der Waals surface area contributed by atoms with Crippen molar-refractivity contribution in [1.29, 1.82) is 0 Å². The Morgan fingerprint density at radius 3 is 3.00 bits per heavy atom. The molecule has 0 unspecified atom stereocenters. The number of amides is 1. The first-order valence-corrected chi connectivity index (χ1v) is 5.97. The first kappa shape index (κ1) is 11.3. The van der Waals surface area contributed by atoms with Gasteiger partial charge in [0, 0.05) is 25.6 Å². The van der Waals surface area contributed by atoms with E-state index in [1.54, 1.807) is 24.1 Å². The summed E-state index contributed by atoms with van der Waals surface area (Å²) in [6.45, 7) is 1.51. The molecule has 1 N–H and O–H groups in total. The van der Waals surface area contributed by atoms with Crippen molar-refractivity contribution in [3.63, 3.8) is 0 Å². The number of hydrogen-bond acceptors (Lipinski definition) is 3. The van der Waals surface area contributed by atoms with Crippen LogP contribution in [0.4, 0.5) is 4.39 Å². The summed E-state index contributed by atoms with van der Waals surface area (Å²) in [4.78, 5) is 18.4. The molecular formula is C13H14FN3O. The average Bonchev–Trinajstić information content (AvgIpc) is 2.92. The van der Waals surface area contributed by atoms with Gasteiger partial charge >= 0.3 is 0 Å². The van der Waals surface area contributed by atoms with Gasteiger partial charge in [0.2, 0.25) is 0 Å². The molecule has 2 aliphatic heterocycles. The molecule has 1 saturated heterocycles. The van der Waals surface area contributed by atoms with Gasteiger partial charge in [-0.25, -0.2) is 9.38 Å². The van der Waals surface area contributed by atoms with E-state index in [0.717, 1.165) is 13.0 Å². The molecule has 94 valence electrons. The van der Waals surface area contributed by atoms with E-state index in [4.69, 9.17) is 0 Å². The second kappa shape index (κ2) is 3.88. The number of hydrogen-bond donors (Lipinski definition) is 1. The average molecular weight is 247 g/mol. The molecular weight excluding hydrogens is 233 g/mol. The molecule has 1 aromatic carbocycles. The van der Waals surface area contributed by atoms with Crippen molar-refractivity contribution in [1.82, 2.24) is 10.2 Å². The fourth-order valence-corrected chi connectivity index (χ4v) is 2.55. The monoisotopic (exact) mass is 247 g/mol. The Morgan fingerprint density at radius 2 is 2.33 bits per heavy atom. The second-order valence-corrected chi connectivity index (χ2v) is 4.74. The van der Waals surface area contributed by atoms with Gasteiger partial charge in [-0.05, 0) is 18.7 Å². The summed E-state index contributed by atoms with van der Waals surface area (Å²) < 4.78 is 13.2. The first-order chi connectivity index (χ1) is 8.62. The third-order valence-electron chi connectivity index (χ3n) is 3.66. The van der Waals surface area contributed by atoms with Gasteiger partial charge in [0.25, 0.3) is 5.91 Å². The predicted molar refractivity (Wildman–Crippen MR) is 65.9 cm³/mol. The molecule has 0 radical (unpaired) electrons. The van der Waals surface area contributed by atoms with Crippen LogP contribution in [-0.4, -0.2) is 42.3 Å². The van der Waals surface area contributed by atoms with Crippen LogP contribution in [0, 0.1) is 5.82 Å². The van der Waals surface area contributed by atoms with Crippen molar-refractivity contribution in [2.75, 3.05) is 20.1 Å². The van der Waals surface area contributed by atoms with Crippen molar-refractivity contribution in [3.05, 3.63) is 35.6 Å². The van der Waals surface area contributed by atoms with Crippen molar-refractivity contribution in [3.8, 4) is 0 Å². The van der Waals surface area contributed by atoms with Gasteiger partial charge in [0.05, 0.1) is 0 Å². The molecule has 1 amide bonds. The minimum atomic E-state index is -0.473. The molecule has 1 spiro atoms. The highest BCUT2D eigenvalue weighted by Crippen LogP contribution is 2.30. The van der Waals surface area contributed by atoms with E-state index in [1.165, 1.54) is 12.1 Å². The number of halogens is 1. The summed E-state index contributed by atoms with van der Waals surface area (Å²) >= 11 is 0. The topological polar surface area (TPSA) is 44.7 Å². The van der Waals surface area contributed by atoms with E-state index in [0.29, 0.717) is 17.8 Å². The summed E-state index contributed by atoms with van der Waals surface area (Å²) in [6.07, 6.45) is 0.800. The van der Waals surface area contributed by atoms with Crippen LogP contribution in [0.15, 0.2) is 29.3 Å². The summed E-state index contributed by atoms with van der Waals surface area (Å²) in [5.74, 6) is -0.486. The van der Waals surface area contributed by atoms with Crippen molar-refractivity contribution in [2.24, 2.45) is 4.99 Å². The molecule has 4 nitrogen and oxygen atoms in total. The third kappa shape index (κ3) is 1.54. The van der Waals surface area contributed by atoms with Gasteiger partial charge in [-0.3, -0.25) is 4.79 Å². The Bertz CT molecular complexity index is 535. The second-order valence-electron chi connectivity index (χ2n) is 4.74. The van der Waals surface area contributed by atoms with Crippen LogP contribution in [0.1, 0.15) is 12.0 Å². The summed E-state index contributed by atoms with van der Waals surface area (Å²) in [6, 6.07) is 6.03. The highest BCUT2D eigenvalue weighted by molar-refractivity contribution is 6.46. The van der Waals surface area contributed by atoms with Gasteiger partial charge in [-0.1, -0.05) is 12.1 Å². The number of aliphatic imine (C=N–C) groups is 1. The zero-order valence-corrected chi connectivity index (χ0v) is 10.1.